The summed E-state index contributed by atoms with van der Waals surface area (Å²) in [6.07, 6.45) is 1.90. The lowest BCUT2D eigenvalue weighted by Gasteiger charge is -2.14. The summed E-state index contributed by atoms with van der Waals surface area (Å²) in [5.41, 5.74) is 0.966. The summed E-state index contributed by atoms with van der Waals surface area (Å²) in [5, 5.41) is 11.9. The third-order valence-corrected chi connectivity index (χ3v) is 3.24. The Morgan fingerprint density at radius 3 is 2.72 bits per heavy atom. The van der Waals surface area contributed by atoms with Gasteiger partial charge in [0, 0.05) is 19.1 Å². The highest BCUT2D eigenvalue weighted by atomic mass is 16.5. The second-order valence-electron chi connectivity index (χ2n) is 4.72. The normalized spacial score (nSPS) is 16.1. The van der Waals surface area contributed by atoms with E-state index in [1.54, 1.807) is 0 Å². The van der Waals surface area contributed by atoms with E-state index in [9.17, 15) is 4.79 Å². The molecule has 1 amide bonds. The number of carbonyl (C=O) groups is 1. The molecule has 0 bridgehead atoms. The molecule has 1 aliphatic rings. The smallest absolute Gasteiger partial charge is 0.407 e. The average molecular weight is 249 g/mol. The largest absolute Gasteiger partial charge is 0.445 e. The van der Waals surface area contributed by atoms with Crippen molar-refractivity contribution in [3.05, 3.63) is 35.9 Å². The van der Waals surface area contributed by atoms with Crippen LogP contribution in [0, 0.1) is 11.8 Å². The molecule has 0 heterocycles. The van der Waals surface area contributed by atoms with Crippen LogP contribution < -0.4 is 5.32 Å². The third-order valence-electron chi connectivity index (χ3n) is 3.24. The molecular weight excluding hydrogens is 230 g/mol. The fourth-order valence-electron chi connectivity index (χ4n) is 1.94. The fourth-order valence-corrected chi connectivity index (χ4v) is 1.94. The maximum Gasteiger partial charge on any atom is 0.407 e. The van der Waals surface area contributed by atoms with Crippen molar-refractivity contribution in [1.29, 1.82) is 0 Å². The number of nitrogens with one attached hydrogen (secondary N) is 1. The first-order valence-electron chi connectivity index (χ1n) is 6.35. The maximum absolute atomic E-state index is 11.5. The van der Waals surface area contributed by atoms with E-state index in [-0.39, 0.29) is 19.1 Å². The van der Waals surface area contributed by atoms with Crippen molar-refractivity contribution >= 4 is 6.09 Å². The molecule has 1 aliphatic carbocycles. The van der Waals surface area contributed by atoms with E-state index in [2.05, 4.69) is 5.32 Å². The van der Waals surface area contributed by atoms with Gasteiger partial charge in [-0.05, 0) is 24.3 Å². The molecule has 0 aliphatic heterocycles. The van der Waals surface area contributed by atoms with Crippen LogP contribution >= 0.6 is 0 Å². The number of aliphatic hydroxyl groups is 1. The number of ether oxygens (including phenoxy) is 1. The Hall–Kier alpha value is -1.55. The zero-order chi connectivity index (χ0) is 12.8. The molecule has 1 aromatic carbocycles. The maximum atomic E-state index is 11.5. The van der Waals surface area contributed by atoms with E-state index in [4.69, 9.17) is 9.84 Å². The number of aliphatic hydroxyl groups excluding tert-OH is 1. The highest BCUT2D eigenvalue weighted by Gasteiger charge is 2.30. The van der Waals surface area contributed by atoms with Gasteiger partial charge >= 0.3 is 6.09 Å². The summed E-state index contributed by atoms with van der Waals surface area (Å²) in [6.45, 7) is 0.901. The summed E-state index contributed by atoms with van der Waals surface area (Å²) in [4.78, 5) is 11.5. The van der Waals surface area contributed by atoms with Crippen molar-refractivity contribution in [2.75, 3.05) is 13.2 Å². The second kappa shape index (κ2) is 6.40. The minimum atomic E-state index is -0.419. The highest BCUT2D eigenvalue weighted by Crippen LogP contribution is 2.36. The Labute approximate surface area is 107 Å². The zero-order valence-corrected chi connectivity index (χ0v) is 10.3. The monoisotopic (exact) mass is 249 g/mol. The van der Waals surface area contributed by atoms with Gasteiger partial charge in [0.2, 0.25) is 0 Å². The van der Waals surface area contributed by atoms with Gasteiger partial charge < -0.3 is 15.2 Å². The molecule has 18 heavy (non-hydrogen) atoms. The van der Waals surface area contributed by atoms with E-state index in [1.165, 1.54) is 0 Å². The number of hydrogen-bond donors (Lipinski definition) is 2. The molecule has 0 saturated heterocycles. The molecule has 1 atom stereocenters. The summed E-state index contributed by atoms with van der Waals surface area (Å²) in [5.74, 6) is 0.749. The van der Waals surface area contributed by atoms with E-state index >= 15 is 0 Å². The Morgan fingerprint density at radius 2 is 2.11 bits per heavy atom. The predicted octanol–water partition coefficient (Wildman–Crippen LogP) is 1.93. The molecule has 1 aromatic rings. The first-order valence-corrected chi connectivity index (χ1v) is 6.35. The lowest BCUT2D eigenvalue weighted by atomic mass is 10.1. The predicted molar refractivity (Wildman–Crippen MR) is 67.9 cm³/mol. The van der Waals surface area contributed by atoms with Gasteiger partial charge in [0.15, 0.2) is 0 Å². The average Bonchev–Trinajstić information content (AvgIpc) is 3.23. The summed E-state index contributed by atoms with van der Waals surface area (Å²) < 4.78 is 5.09. The van der Waals surface area contributed by atoms with Gasteiger partial charge in [0.25, 0.3) is 0 Å². The van der Waals surface area contributed by atoms with Crippen molar-refractivity contribution in [2.24, 2.45) is 11.8 Å². The first-order chi connectivity index (χ1) is 8.79. The van der Waals surface area contributed by atoms with Gasteiger partial charge in [-0.15, -0.1) is 0 Å². The van der Waals surface area contributed by atoms with Crippen LogP contribution in [0.4, 0.5) is 4.79 Å². The van der Waals surface area contributed by atoms with Crippen LogP contribution in [-0.2, 0) is 11.3 Å². The Balaban J connectivity index is 1.65. The quantitative estimate of drug-likeness (QED) is 0.810. The van der Waals surface area contributed by atoms with Crippen LogP contribution in [0.1, 0.15) is 18.4 Å². The Kier molecular flexibility index (Phi) is 4.59. The topological polar surface area (TPSA) is 58.6 Å². The van der Waals surface area contributed by atoms with Gasteiger partial charge in [-0.2, -0.15) is 0 Å². The minimum Gasteiger partial charge on any atom is -0.445 e. The molecule has 1 unspecified atom stereocenters. The summed E-state index contributed by atoms with van der Waals surface area (Å²) in [7, 11) is 0. The fraction of sp³-hybridized carbons (Fsp3) is 0.500. The van der Waals surface area contributed by atoms with Crippen molar-refractivity contribution in [3.63, 3.8) is 0 Å². The third kappa shape index (κ3) is 4.04. The van der Waals surface area contributed by atoms with E-state index < -0.39 is 6.09 Å². The second-order valence-corrected chi connectivity index (χ2v) is 4.72. The zero-order valence-electron chi connectivity index (χ0n) is 10.3. The van der Waals surface area contributed by atoms with Gasteiger partial charge in [-0.1, -0.05) is 30.3 Å². The number of rotatable bonds is 6. The standard InChI is InChI=1S/C14H19NO3/c16-9-13(12-6-7-12)8-15-14(17)18-10-11-4-2-1-3-5-11/h1-5,12-13,16H,6-10H2,(H,15,17). The van der Waals surface area contributed by atoms with Crippen LogP contribution in [0.5, 0.6) is 0 Å². The molecule has 0 aromatic heterocycles. The Bertz CT molecular complexity index is 376. The molecule has 4 nitrogen and oxygen atoms in total. The minimum absolute atomic E-state index is 0.129. The van der Waals surface area contributed by atoms with Crippen molar-refractivity contribution in [2.45, 2.75) is 19.4 Å². The molecule has 98 valence electrons. The number of alkyl carbamates (subject to hydrolysis) is 1. The first kappa shape index (κ1) is 12.9. The summed E-state index contributed by atoms with van der Waals surface area (Å²) >= 11 is 0. The number of hydrogen-bond acceptors (Lipinski definition) is 3. The van der Waals surface area contributed by atoms with Crippen molar-refractivity contribution in [1.82, 2.24) is 5.32 Å². The van der Waals surface area contributed by atoms with E-state index in [0.717, 1.165) is 18.4 Å². The summed E-state index contributed by atoms with van der Waals surface area (Å²) in [6, 6.07) is 9.56. The number of amides is 1. The molecule has 1 saturated carbocycles. The lowest BCUT2D eigenvalue weighted by Crippen LogP contribution is -2.32. The molecule has 1 fully saturated rings. The highest BCUT2D eigenvalue weighted by molar-refractivity contribution is 5.67. The van der Waals surface area contributed by atoms with Crippen molar-refractivity contribution < 1.29 is 14.6 Å². The van der Waals surface area contributed by atoms with Gasteiger partial charge in [-0.25, -0.2) is 4.79 Å². The molecular formula is C14H19NO3. The number of benzene rings is 1. The van der Waals surface area contributed by atoms with Crippen LogP contribution in [0.15, 0.2) is 30.3 Å². The SMILES string of the molecule is O=C(NCC(CO)C1CC1)OCc1ccccc1. The van der Waals surface area contributed by atoms with Gasteiger partial charge in [0.1, 0.15) is 6.61 Å². The lowest BCUT2D eigenvalue weighted by molar-refractivity contribution is 0.133. The molecule has 0 spiro atoms. The van der Waals surface area contributed by atoms with Crippen LogP contribution in [0.2, 0.25) is 0 Å². The molecule has 2 N–H and O–H groups in total. The molecule has 0 radical (unpaired) electrons. The molecule has 4 heteroatoms. The number of carbonyl (C=O) groups excluding carboxylic acids is 1. The Morgan fingerprint density at radius 1 is 1.39 bits per heavy atom. The van der Waals surface area contributed by atoms with Gasteiger partial charge in [-0.3, -0.25) is 0 Å². The van der Waals surface area contributed by atoms with Gasteiger partial charge in [0.05, 0.1) is 0 Å². The van der Waals surface area contributed by atoms with Crippen LogP contribution in [-0.4, -0.2) is 24.4 Å². The van der Waals surface area contributed by atoms with Crippen LogP contribution in [0.25, 0.3) is 0 Å². The van der Waals surface area contributed by atoms with E-state index in [1.807, 2.05) is 30.3 Å². The van der Waals surface area contributed by atoms with Crippen molar-refractivity contribution in [3.8, 4) is 0 Å². The molecule has 2 rings (SSSR count). The van der Waals surface area contributed by atoms with E-state index in [0.29, 0.717) is 12.5 Å². The van der Waals surface area contributed by atoms with Crippen LogP contribution in [0.3, 0.4) is 0 Å².